The number of nitrogens with zero attached hydrogens (tertiary/aromatic N) is 4. The first-order valence-corrected chi connectivity index (χ1v) is 11.0. The van der Waals surface area contributed by atoms with E-state index in [1.165, 1.54) is 16.0 Å². The predicted molar refractivity (Wildman–Crippen MR) is 123 cm³/mol. The summed E-state index contributed by atoms with van der Waals surface area (Å²) in [7, 11) is 0. The molecule has 0 saturated carbocycles. The van der Waals surface area contributed by atoms with E-state index in [0.717, 1.165) is 20.5 Å². The molecule has 0 aliphatic heterocycles. The van der Waals surface area contributed by atoms with Gasteiger partial charge in [-0.25, -0.2) is 4.98 Å². The van der Waals surface area contributed by atoms with Crippen LogP contribution in [0.25, 0.3) is 15.6 Å². The van der Waals surface area contributed by atoms with Gasteiger partial charge in [0.05, 0.1) is 17.0 Å². The van der Waals surface area contributed by atoms with Crippen LogP contribution in [-0.2, 0) is 0 Å². The van der Waals surface area contributed by atoms with Gasteiger partial charge in [0.1, 0.15) is 5.92 Å². The molecule has 0 aliphatic carbocycles. The van der Waals surface area contributed by atoms with Crippen LogP contribution in [0.4, 0.5) is 0 Å². The second-order valence-electron chi connectivity index (χ2n) is 6.93. The van der Waals surface area contributed by atoms with E-state index in [4.69, 9.17) is 0 Å². The molecular weight excluding hydrogens is 474 g/mol. The molecule has 0 bridgehead atoms. The molecule has 0 fully saturated rings. The molecular formula is C23H16BrN5OS. The molecule has 0 spiro atoms. The normalized spacial score (nSPS) is 11.8. The first-order valence-electron chi connectivity index (χ1n) is 9.41. The molecule has 31 heavy (non-hydrogen) atoms. The predicted octanol–water partition coefficient (Wildman–Crippen LogP) is 5.16. The minimum absolute atomic E-state index is 0.307. The molecule has 6 nitrogen and oxygen atoms in total. The number of nitriles is 2. The van der Waals surface area contributed by atoms with Gasteiger partial charge in [-0.3, -0.25) is 9.89 Å². The highest BCUT2D eigenvalue weighted by atomic mass is 79.9. The number of thiazole rings is 1. The lowest BCUT2D eigenvalue weighted by Crippen LogP contribution is -2.23. The standard InChI is InChI=1S/C23H16BrN5OS/c1-14-20(21(17(11-25)12-26)16-5-3-2-4-6-16)22(30)29(28-14)23-27-13-19(31-23)15-7-9-18(24)10-8-15/h2-10,13,17,21,28H,1H3. The Bertz CT molecular complexity index is 1340. The SMILES string of the molecule is Cc1[nH]n(-c2ncc(-c3ccc(Br)cc3)s2)c(=O)c1C(c1ccccc1)C(C#N)C#N. The number of hydrogen-bond donors (Lipinski definition) is 1. The Morgan fingerprint density at radius 3 is 2.42 bits per heavy atom. The molecule has 0 radical (unpaired) electrons. The summed E-state index contributed by atoms with van der Waals surface area (Å²) in [5.41, 5.74) is 2.45. The number of rotatable bonds is 5. The Balaban J connectivity index is 1.80. The van der Waals surface area contributed by atoms with Crippen molar-refractivity contribution in [3.8, 4) is 27.7 Å². The zero-order valence-corrected chi connectivity index (χ0v) is 18.8. The lowest BCUT2D eigenvalue weighted by atomic mass is 9.82. The first kappa shape index (κ1) is 20.8. The fourth-order valence-electron chi connectivity index (χ4n) is 3.54. The maximum absolute atomic E-state index is 13.4. The highest BCUT2D eigenvalue weighted by Crippen LogP contribution is 2.33. The minimum Gasteiger partial charge on any atom is -0.293 e. The molecule has 1 N–H and O–H groups in total. The van der Waals surface area contributed by atoms with E-state index < -0.39 is 11.8 Å². The Morgan fingerprint density at radius 2 is 1.77 bits per heavy atom. The van der Waals surface area contributed by atoms with Crippen LogP contribution in [0.1, 0.15) is 22.7 Å². The molecule has 4 aromatic rings. The molecule has 0 aliphatic rings. The zero-order chi connectivity index (χ0) is 22.0. The molecule has 0 amide bonds. The Kier molecular flexibility index (Phi) is 5.85. The van der Waals surface area contributed by atoms with E-state index in [0.29, 0.717) is 16.4 Å². The van der Waals surface area contributed by atoms with Crippen molar-refractivity contribution in [3.05, 3.63) is 92.4 Å². The molecule has 1 atom stereocenters. The maximum Gasteiger partial charge on any atom is 0.277 e. The van der Waals surface area contributed by atoms with E-state index in [1.807, 2.05) is 66.7 Å². The molecule has 152 valence electrons. The van der Waals surface area contributed by atoms with Crippen molar-refractivity contribution in [3.63, 3.8) is 0 Å². The molecule has 2 aromatic carbocycles. The van der Waals surface area contributed by atoms with Crippen LogP contribution in [0.3, 0.4) is 0 Å². The quantitative estimate of drug-likeness (QED) is 0.418. The number of benzene rings is 2. The van der Waals surface area contributed by atoms with Gasteiger partial charge in [0.15, 0.2) is 0 Å². The van der Waals surface area contributed by atoms with E-state index in [9.17, 15) is 15.3 Å². The number of hydrogen-bond acceptors (Lipinski definition) is 5. The van der Waals surface area contributed by atoms with Crippen LogP contribution in [0.5, 0.6) is 0 Å². The summed E-state index contributed by atoms with van der Waals surface area (Å²) >= 11 is 4.81. The summed E-state index contributed by atoms with van der Waals surface area (Å²) in [5.74, 6) is -1.65. The largest absolute Gasteiger partial charge is 0.293 e. The lowest BCUT2D eigenvalue weighted by molar-refractivity contribution is 0.699. The summed E-state index contributed by atoms with van der Waals surface area (Å²) in [4.78, 5) is 18.8. The van der Waals surface area contributed by atoms with Gasteiger partial charge in [0.2, 0.25) is 5.13 Å². The van der Waals surface area contributed by atoms with E-state index in [1.54, 1.807) is 13.1 Å². The minimum atomic E-state index is -0.993. The van der Waals surface area contributed by atoms with Crippen LogP contribution in [0.2, 0.25) is 0 Å². The van der Waals surface area contributed by atoms with Crippen molar-refractivity contribution in [2.24, 2.45) is 5.92 Å². The molecule has 1 unspecified atom stereocenters. The van der Waals surface area contributed by atoms with Crippen LogP contribution in [-0.4, -0.2) is 14.8 Å². The summed E-state index contributed by atoms with van der Waals surface area (Å²) in [6, 6.07) is 21.1. The van der Waals surface area contributed by atoms with Gasteiger partial charge in [0.25, 0.3) is 5.56 Å². The van der Waals surface area contributed by atoms with Gasteiger partial charge in [-0.2, -0.15) is 15.2 Å². The highest BCUT2D eigenvalue weighted by Gasteiger charge is 2.31. The van der Waals surface area contributed by atoms with Gasteiger partial charge in [-0.05, 0) is 30.2 Å². The van der Waals surface area contributed by atoms with Gasteiger partial charge < -0.3 is 0 Å². The third-order valence-electron chi connectivity index (χ3n) is 5.01. The number of H-pyrrole nitrogens is 1. The summed E-state index contributed by atoms with van der Waals surface area (Å²) in [6.45, 7) is 1.78. The van der Waals surface area contributed by atoms with Crippen molar-refractivity contribution in [2.75, 3.05) is 0 Å². The van der Waals surface area contributed by atoms with E-state index in [2.05, 4.69) is 26.0 Å². The van der Waals surface area contributed by atoms with Crippen molar-refractivity contribution in [2.45, 2.75) is 12.8 Å². The average molecular weight is 490 g/mol. The number of aryl methyl sites for hydroxylation is 1. The monoisotopic (exact) mass is 489 g/mol. The maximum atomic E-state index is 13.4. The third kappa shape index (κ3) is 3.96. The van der Waals surface area contributed by atoms with Crippen molar-refractivity contribution in [1.29, 1.82) is 10.5 Å². The van der Waals surface area contributed by atoms with E-state index >= 15 is 0 Å². The van der Waals surface area contributed by atoms with Gasteiger partial charge in [-0.1, -0.05) is 69.7 Å². The van der Waals surface area contributed by atoms with Gasteiger partial charge in [0, 0.05) is 27.8 Å². The fourth-order valence-corrected chi connectivity index (χ4v) is 4.69. The third-order valence-corrected chi connectivity index (χ3v) is 6.57. The average Bonchev–Trinajstić information content (AvgIpc) is 3.38. The molecule has 0 saturated heterocycles. The second-order valence-corrected chi connectivity index (χ2v) is 8.85. The topological polar surface area (TPSA) is 98.3 Å². The smallest absolute Gasteiger partial charge is 0.277 e. The zero-order valence-electron chi connectivity index (χ0n) is 16.4. The van der Waals surface area contributed by atoms with Gasteiger partial charge in [-0.15, -0.1) is 0 Å². The Hall–Kier alpha value is -3.46. The number of nitrogens with one attached hydrogen (secondary N) is 1. The molecule has 2 aromatic heterocycles. The van der Waals surface area contributed by atoms with Crippen LogP contribution in [0, 0.1) is 35.5 Å². The van der Waals surface area contributed by atoms with E-state index in [-0.39, 0.29) is 5.56 Å². The Labute approximate surface area is 191 Å². The fraction of sp³-hybridized carbons (Fsp3) is 0.130. The van der Waals surface area contributed by atoms with Crippen molar-refractivity contribution < 1.29 is 0 Å². The lowest BCUT2D eigenvalue weighted by Gasteiger charge is -2.16. The first-order chi connectivity index (χ1) is 15.0. The Morgan fingerprint density at radius 1 is 1.10 bits per heavy atom. The van der Waals surface area contributed by atoms with Crippen LogP contribution < -0.4 is 5.56 Å². The van der Waals surface area contributed by atoms with Crippen molar-refractivity contribution in [1.82, 2.24) is 14.8 Å². The van der Waals surface area contributed by atoms with Gasteiger partial charge >= 0.3 is 0 Å². The second kappa shape index (κ2) is 8.73. The van der Waals surface area contributed by atoms with Crippen LogP contribution >= 0.6 is 27.3 Å². The summed E-state index contributed by atoms with van der Waals surface area (Å²) in [5, 5.41) is 22.7. The molecule has 4 rings (SSSR count). The molecule has 8 heteroatoms. The number of aromatic nitrogens is 3. The van der Waals surface area contributed by atoms with Crippen molar-refractivity contribution >= 4 is 27.3 Å². The highest BCUT2D eigenvalue weighted by molar-refractivity contribution is 9.10. The summed E-state index contributed by atoms with van der Waals surface area (Å²) in [6.07, 6.45) is 1.73. The summed E-state index contributed by atoms with van der Waals surface area (Å²) < 4.78 is 2.37. The number of aromatic amines is 1. The van der Waals surface area contributed by atoms with Crippen LogP contribution in [0.15, 0.2) is 70.1 Å². The number of halogens is 1. The molecule has 2 heterocycles.